The topological polar surface area (TPSA) is 54.4 Å². The Labute approximate surface area is 75.3 Å². The SMILES string of the molecule is O=C(O)/C=C/C(=O)c1ccccc1. The van der Waals surface area contributed by atoms with Crippen molar-refractivity contribution in [3.8, 4) is 0 Å². The fraction of sp³-hybridized carbons (Fsp3) is 0. The molecule has 1 aromatic rings. The Morgan fingerprint density at radius 3 is 2.23 bits per heavy atom. The van der Waals surface area contributed by atoms with Crippen molar-refractivity contribution in [1.29, 1.82) is 0 Å². The average Bonchev–Trinajstić information content (AvgIpc) is 2.15. The number of ketones is 1. The van der Waals surface area contributed by atoms with Gasteiger partial charge in [-0.2, -0.15) is 0 Å². The highest BCUT2D eigenvalue weighted by Gasteiger charge is 1.99. The summed E-state index contributed by atoms with van der Waals surface area (Å²) in [6, 6.07) is 8.50. The van der Waals surface area contributed by atoms with Crippen molar-refractivity contribution >= 4 is 11.8 Å². The van der Waals surface area contributed by atoms with Gasteiger partial charge in [0.2, 0.25) is 0 Å². The second-order valence-corrected chi connectivity index (χ2v) is 2.40. The molecule has 0 fully saturated rings. The van der Waals surface area contributed by atoms with Crippen LogP contribution >= 0.6 is 0 Å². The molecule has 0 radical (unpaired) electrons. The molecule has 0 heterocycles. The molecule has 0 spiro atoms. The van der Waals surface area contributed by atoms with Gasteiger partial charge in [-0.1, -0.05) is 30.3 Å². The Morgan fingerprint density at radius 2 is 1.69 bits per heavy atom. The van der Waals surface area contributed by atoms with Crippen LogP contribution in [0, 0.1) is 0 Å². The molecule has 13 heavy (non-hydrogen) atoms. The van der Waals surface area contributed by atoms with E-state index >= 15 is 0 Å². The molecule has 0 aliphatic heterocycles. The van der Waals surface area contributed by atoms with E-state index in [9.17, 15) is 9.59 Å². The largest absolute Gasteiger partial charge is 0.478 e. The van der Waals surface area contributed by atoms with E-state index in [1.54, 1.807) is 30.3 Å². The van der Waals surface area contributed by atoms with Crippen LogP contribution in [0.25, 0.3) is 0 Å². The van der Waals surface area contributed by atoms with Gasteiger partial charge in [-0.3, -0.25) is 4.79 Å². The Hall–Kier alpha value is -1.90. The smallest absolute Gasteiger partial charge is 0.328 e. The van der Waals surface area contributed by atoms with Crippen LogP contribution in [-0.2, 0) is 4.79 Å². The Balaban J connectivity index is 2.76. The van der Waals surface area contributed by atoms with E-state index in [1.807, 2.05) is 0 Å². The minimum Gasteiger partial charge on any atom is -0.478 e. The third-order valence-corrected chi connectivity index (χ3v) is 1.44. The van der Waals surface area contributed by atoms with Crippen LogP contribution in [0.2, 0.25) is 0 Å². The summed E-state index contributed by atoms with van der Waals surface area (Å²) < 4.78 is 0. The van der Waals surface area contributed by atoms with Gasteiger partial charge in [-0.25, -0.2) is 4.79 Å². The van der Waals surface area contributed by atoms with Gasteiger partial charge in [-0.05, 0) is 6.08 Å². The van der Waals surface area contributed by atoms with Crippen LogP contribution in [0.1, 0.15) is 10.4 Å². The van der Waals surface area contributed by atoms with Gasteiger partial charge in [0.05, 0.1) is 0 Å². The van der Waals surface area contributed by atoms with Crippen LogP contribution in [0.5, 0.6) is 0 Å². The number of rotatable bonds is 3. The van der Waals surface area contributed by atoms with Crippen molar-refractivity contribution in [2.24, 2.45) is 0 Å². The highest BCUT2D eigenvalue weighted by atomic mass is 16.4. The molecule has 1 N–H and O–H groups in total. The van der Waals surface area contributed by atoms with Crippen LogP contribution in [0.3, 0.4) is 0 Å². The monoisotopic (exact) mass is 176 g/mol. The molecule has 1 aromatic carbocycles. The summed E-state index contributed by atoms with van der Waals surface area (Å²) in [5.74, 6) is -1.42. The summed E-state index contributed by atoms with van der Waals surface area (Å²) in [5.41, 5.74) is 0.486. The highest BCUT2D eigenvalue weighted by Crippen LogP contribution is 2.00. The first-order valence-electron chi connectivity index (χ1n) is 3.70. The fourth-order valence-electron chi connectivity index (χ4n) is 0.846. The van der Waals surface area contributed by atoms with Gasteiger partial charge >= 0.3 is 5.97 Å². The maximum absolute atomic E-state index is 11.2. The van der Waals surface area contributed by atoms with Gasteiger partial charge in [-0.15, -0.1) is 0 Å². The average molecular weight is 176 g/mol. The van der Waals surface area contributed by atoms with Crippen LogP contribution in [0.4, 0.5) is 0 Å². The molecule has 0 aliphatic carbocycles. The number of benzene rings is 1. The molecule has 0 saturated carbocycles. The molecule has 0 saturated heterocycles. The zero-order chi connectivity index (χ0) is 9.68. The molecule has 0 atom stereocenters. The van der Waals surface area contributed by atoms with Crippen LogP contribution in [-0.4, -0.2) is 16.9 Å². The molecule has 0 aliphatic rings. The molecular formula is C10H8O3. The number of carboxylic acids is 1. The van der Waals surface area contributed by atoms with Crippen LogP contribution in [0.15, 0.2) is 42.5 Å². The summed E-state index contributed by atoms with van der Waals surface area (Å²) in [6.07, 6.45) is 1.87. The number of hydrogen-bond donors (Lipinski definition) is 1. The fourth-order valence-corrected chi connectivity index (χ4v) is 0.846. The molecule has 0 amide bonds. The number of carboxylic acid groups (broad SMARTS) is 1. The molecule has 0 bridgehead atoms. The maximum Gasteiger partial charge on any atom is 0.328 e. The van der Waals surface area contributed by atoms with E-state index in [4.69, 9.17) is 5.11 Å². The Kier molecular flexibility index (Phi) is 2.97. The first-order valence-corrected chi connectivity index (χ1v) is 3.70. The first kappa shape index (κ1) is 9.19. The van der Waals surface area contributed by atoms with E-state index in [1.165, 1.54) is 0 Å². The van der Waals surface area contributed by atoms with Crippen molar-refractivity contribution < 1.29 is 14.7 Å². The van der Waals surface area contributed by atoms with Crippen LogP contribution < -0.4 is 0 Å². The van der Waals surface area contributed by atoms with E-state index in [0.29, 0.717) is 5.56 Å². The lowest BCUT2D eigenvalue weighted by atomic mass is 10.1. The second-order valence-electron chi connectivity index (χ2n) is 2.40. The zero-order valence-electron chi connectivity index (χ0n) is 6.81. The molecule has 0 unspecified atom stereocenters. The van der Waals surface area contributed by atoms with Crippen molar-refractivity contribution in [2.75, 3.05) is 0 Å². The Morgan fingerprint density at radius 1 is 1.08 bits per heavy atom. The van der Waals surface area contributed by atoms with Crippen molar-refractivity contribution in [3.63, 3.8) is 0 Å². The predicted octanol–water partition coefficient (Wildman–Crippen LogP) is 1.51. The minimum atomic E-state index is -1.12. The van der Waals surface area contributed by atoms with Crippen molar-refractivity contribution in [2.45, 2.75) is 0 Å². The van der Waals surface area contributed by atoms with Gasteiger partial charge < -0.3 is 5.11 Å². The molecule has 66 valence electrons. The predicted molar refractivity (Wildman–Crippen MR) is 47.5 cm³/mol. The van der Waals surface area contributed by atoms with E-state index in [0.717, 1.165) is 12.2 Å². The van der Waals surface area contributed by atoms with Crippen molar-refractivity contribution in [1.82, 2.24) is 0 Å². The Bertz CT molecular complexity index is 338. The van der Waals surface area contributed by atoms with E-state index in [2.05, 4.69) is 0 Å². The standard InChI is InChI=1S/C10H8O3/c11-9(6-7-10(12)13)8-4-2-1-3-5-8/h1-7H,(H,12,13)/b7-6+. The number of aliphatic carboxylic acids is 1. The molecule has 3 nitrogen and oxygen atoms in total. The van der Waals surface area contributed by atoms with Gasteiger partial charge in [0, 0.05) is 11.6 Å². The number of carbonyl (C=O) groups is 2. The number of carbonyl (C=O) groups excluding carboxylic acids is 1. The quantitative estimate of drug-likeness (QED) is 0.561. The first-order chi connectivity index (χ1) is 6.20. The highest BCUT2D eigenvalue weighted by molar-refractivity contribution is 6.06. The number of hydrogen-bond acceptors (Lipinski definition) is 2. The molecular weight excluding hydrogens is 168 g/mol. The van der Waals surface area contributed by atoms with Gasteiger partial charge in [0.15, 0.2) is 5.78 Å². The normalized spacial score (nSPS) is 10.2. The minimum absolute atomic E-state index is 0.303. The maximum atomic E-state index is 11.2. The van der Waals surface area contributed by atoms with E-state index in [-0.39, 0.29) is 5.78 Å². The third kappa shape index (κ3) is 2.91. The van der Waals surface area contributed by atoms with Crippen molar-refractivity contribution in [3.05, 3.63) is 48.0 Å². The second kappa shape index (κ2) is 4.21. The summed E-state index contributed by atoms with van der Waals surface area (Å²) in [5, 5.41) is 8.27. The summed E-state index contributed by atoms with van der Waals surface area (Å²) in [6.45, 7) is 0. The van der Waals surface area contributed by atoms with Gasteiger partial charge in [0.25, 0.3) is 0 Å². The molecule has 3 heteroatoms. The summed E-state index contributed by atoms with van der Waals surface area (Å²) in [7, 11) is 0. The summed E-state index contributed by atoms with van der Waals surface area (Å²) in [4.78, 5) is 21.3. The number of allylic oxidation sites excluding steroid dienone is 1. The lowest BCUT2D eigenvalue weighted by Crippen LogP contribution is -1.95. The van der Waals surface area contributed by atoms with E-state index < -0.39 is 5.97 Å². The third-order valence-electron chi connectivity index (χ3n) is 1.44. The molecule has 0 aromatic heterocycles. The molecule has 1 rings (SSSR count). The van der Waals surface area contributed by atoms with Gasteiger partial charge in [0.1, 0.15) is 0 Å². The summed E-state index contributed by atoms with van der Waals surface area (Å²) >= 11 is 0. The lowest BCUT2D eigenvalue weighted by Gasteiger charge is -1.92. The zero-order valence-corrected chi connectivity index (χ0v) is 6.81. The lowest BCUT2D eigenvalue weighted by molar-refractivity contribution is -0.131.